The summed E-state index contributed by atoms with van der Waals surface area (Å²) in [6, 6.07) is 3.25. The Kier molecular flexibility index (Phi) is 4.71. The number of anilines is 1. The number of carbonyl (C=O) groups excluding carboxylic acids is 1. The molecule has 0 aliphatic rings. The second-order valence-corrected chi connectivity index (χ2v) is 5.22. The fraction of sp³-hybridized carbons (Fsp3) is 0.0833. The molecule has 0 radical (unpaired) electrons. The lowest BCUT2D eigenvalue weighted by Crippen LogP contribution is -2.28. The lowest BCUT2D eigenvalue weighted by Gasteiger charge is -2.06. The van der Waals surface area contributed by atoms with Gasteiger partial charge >= 0.3 is 12.0 Å². The van der Waals surface area contributed by atoms with Crippen LogP contribution in [0.1, 0.15) is 15.5 Å². The van der Waals surface area contributed by atoms with Gasteiger partial charge in [0.1, 0.15) is 10.8 Å². The first-order valence-electron chi connectivity index (χ1n) is 5.63. The summed E-state index contributed by atoms with van der Waals surface area (Å²) in [6.07, 6.45) is 0. The summed E-state index contributed by atoms with van der Waals surface area (Å²) in [6.45, 7) is 0.0821. The summed E-state index contributed by atoms with van der Waals surface area (Å²) in [7, 11) is 0. The molecule has 0 aliphatic carbocycles. The Morgan fingerprint density at radius 3 is 2.81 bits per heavy atom. The Balaban J connectivity index is 1.89. The van der Waals surface area contributed by atoms with Crippen LogP contribution in [0, 0.1) is 5.82 Å². The second-order valence-electron chi connectivity index (χ2n) is 3.87. The monoisotopic (exact) mass is 329 g/mol. The van der Waals surface area contributed by atoms with Crippen LogP contribution >= 0.6 is 22.9 Å². The molecule has 0 aliphatic heterocycles. The third-order valence-electron chi connectivity index (χ3n) is 2.35. The number of urea groups is 1. The molecule has 9 heteroatoms. The van der Waals surface area contributed by atoms with Gasteiger partial charge < -0.3 is 15.7 Å². The number of carboxylic acids is 1. The summed E-state index contributed by atoms with van der Waals surface area (Å²) < 4.78 is 13.0. The van der Waals surface area contributed by atoms with Crippen LogP contribution in [0.3, 0.4) is 0 Å². The minimum atomic E-state index is -1.12. The molecule has 110 valence electrons. The molecule has 1 aromatic heterocycles. The summed E-state index contributed by atoms with van der Waals surface area (Å²) in [5.74, 6) is -1.70. The highest BCUT2D eigenvalue weighted by Gasteiger charge is 2.10. The van der Waals surface area contributed by atoms with Crippen molar-refractivity contribution < 1.29 is 19.1 Å². The molecule has 2 amide bonds. The molecule has 2 aromatic rings. The molecular formula is C12H9ClFN3O3S. The third-order valence-corrected chi connectivity index (χ3v) is 3.49. The molecule has 0 atom stereocenters. The highest BCUT2D eigenvalue weighted by molar-refractivity contribution is 7.09. The minimum absolute atomic E-state index is 0.0671. The molecule has 2 rings (SSSR count). The zero-order chi connectivity index (χ0) is 15.4. The van der Waals surface area contributed by atoms with E-state index < -0.39 is 17.8 Å². The predicted molar refractivity (Wildman–Crippen MR) is 76.3 cm³/mol. The van der Waals surface area contributed by atoms with Gasteiger partial charge in [0.15, 0.2) is 5.69 Å². The van der Waals surface area contributed by atoms with Crippen LogP contribution in [-0.4, -0.2) is 22.1 Å². The normalized spacial score (nSPS) is 10.2. The van der Waals surface area contributed by atoms with Crippen LogP contribution in [0.4, 0.5) is 14.9 Å². The SMILES string of the molecule is O=C(NCc1nc(C(=O)O)cs1)Nc1ccc(F)c(Cl)c1. The fourth-order valence-corrected chi connectivity index (χ4v) is 2.28. The van der Waals surface area contributed by atoms with Gasteiger partial charge in [-0.15, -0.1) is 11.3 Å². The van der Waals surface area contributed by atoms with E-state index in [0.29, 0.717) is 10.7 Å². The van der Waals surface area contributed by atoms with Gasteiger partial charge in [0.05, 0.1) is 11.6 Å². The van der Waals surface area contributed by atoms with Gasteiger partial charge in [-0.1, -0.05) is 11.6 Å². The Morgan fingerprint density at radius 1 is 1.43 bits per heavy atom. The molecule has 0 saturated carbocycles. The van der Waals surface area contributed by atoms with Gasteiger partial charge in [-0.05, 0) is 18.2 Å². The molecule has 21 heavy (non-hydrogen) atoms. The van der Waals surface area contributed by atoms with Crippen LogP contribution in [0.25, 0.3) is 0 Å². The van der Waals surface area contributed by atoms with E-state index in [-0.39, 0.29) is 17.3 Å². The van der Waals surface area contributed by atoms with E-state index in [9.17, 15) is 14.0 Å². The molecule has 0 bridgehead atoms. The van der Waals surface area contributed by atoms with Gasteiger partial charge in [0.2, 0.25) is 0 Å². The number of thiazole rings is 1. The van der Waals surface area contributed by atoms with E-state index in [0.717, 1.165) is 17.4 Å². The number of aromatic carboxylic acids is 1. The van der Waals surface area contributed by atoms with Gasteiger partial charge in [0, 0.05) is 11.1 Å². The third kappa shape index (κ3) is 4.14. The number of amides is 2. The minimum Gasteiger partial charge on any atom is -0.476 e. The number of nitrogens with one attached hydrogen (secondary N) is 2. The van der Waals surface area contributed by atoms with Crippen LogP contribution in [-0.2, 0) is 6.54 Å². The van der Waals surface area contributed by atoms with Crippen molar-refractivity contribution in [1.29, 1.82) is 0 Å². The summed E-state index contributed by atoms with van der Waals surface area (Å²) >= 11 is 6.72. The number of nitrogens with zero attached hydrogens (tertiary/aromatic N) is 1. The number of benzene rings is 1. The Hall–Kier alpha value is -2.19. The van der Waals surface area contributed by atoms with Crippen molar-refractivity contribution in [1.82, 2.24) is 10.3 Å². The van der Waals surface area contributed by atoms with Crippen LogP contribution < -0.4 is 10.6 Å². The second kappa shape index (κ2) is 6.51. The highest BCUT2D eigenvalue weighted by Crippen LogP contribution is 2.19. The Bertz CT molecular complexity index is 692. The molecule has 6 nitrogen and oxygen atoms in total. The highest BCUT2D eigenvalue weighted by atomic mass is 35.5. The average molecular weight is 330 g/mol. The standard InChI is InChI=1S/C12H9ClFN3O3S/c13-7-3-6(1-2-8(7)14)16-12(20)15-4-10-17-9(5-21-10)11(18)19/h1-3,5H,4H2,(H,18,19)(H2,15,16,20). The molecule has 0 unspecified atom stereocenters. The van der Waals surface area contributed by atoms with Crippen molar-refractivity contribution in [3.8, 4) is 0 Å². The topological polar surface area (TPSA) is 91.3 Å². The van der Waals surface area contributed by atoms with Crippen LogP contribution in [0.5, 0.6) is 0 Å². The molecule has 0 spiro atoms. The fourth-order valence-electron chi connectivity index (χ4n) is 1.40. The first-order chi connectivity index (χ1) is 9.95. The quantitative estimate of drug-likeness (QED) is 0.804. The zero-order valence-corrected chi connectivity index (χ0v) is 12.0. The number of rotatable bonds is 4. The van der Waals surface area contributed by atoms with Crippen molar-refractivity contribution >= 4 is 40.6 Å². The zero-order valence-electron chi connectivity index (χ0n) is 10.4. The maximum absolute atomic E-state index is 13.0. The molecule has 3 N–H and O–H groups in total. The van der Waals surface area contributed by atoms with Gasteiger partial charge in [-0.25, -0.2) is 19.0 Å². The smallest absolute Gasteiger partial charge is 0.355 e. The Morgan fingerprint density at radius 2 is 2.19 bits per heavy atom. The number of hydrogen-bond donors (Lipinski definition) is 3. The van der Waals surface area contributed by atoms with Gasteiger partial charge in [0.25, 0.3) is 0 Å². The first-order valence-corrected chi connectivity index (χ1v) is 6.89. The van der Waals surface area contributed by atoms with E-state index in [1.165, 1.54) is 17.5 Å². The van der Waals surface area contributed by atoms with Crippen molar-refractivity contribution in [2.45, 2.75) is 6.54 Å². The summed E-state index contributed by atoms with van der Waals surface area (Å²) in [4.78, 5) is 26.1. The molecule has 0 fully saturated rings. The largest absolute Gasteiger partial charge is 0.476 e. The number of halogens is 2. The van der Waals surface area contributed by atoms with Crippen molar-refractivity contribution in [3.05, 3.63) is 45.1 Å². The number of hydrogen-bond acceptors (Lipinski definition) is 4. The molecular weight excluding hydrogens is 321 g/mol. The lowest BCUT2D eigenvalue weighted by atomic mass is 10.3. The maximum atomic E-state index is 13.0. The van der Waals surface area contributed by atoms with E-state index in [1.54, 1.807) is 0 Å². The number of carboxylic acid groups (broad SMARTS) is 1. The predicted octanol–water partition coefficient (Wildman–Crippen LogP) is 2.96. The molecule has 1 heterocycles. The van der Waals surface area contributed by atoms with Crippen molar-refractivity contribution in [2.75, 3.05) is 5.32 Å². The first kappa shape index (κ1) is 15.2. The van der Waals surface area contributed by atoms with E-state index >= 15 is 0 Å². The lowest BCUT2D eigenvalue weighted by molar-refractivity contribution is 0.0691. The van der Waals surface area contributed by atoms with Gasteiger partial charge in [-0.2, -0.15) is 0 Å². The maximum Gasteiger partial charge on any atom is 0.355 e. The number of carbonyl (C=O) groups is 2. The molecule has 0 saturated heterocycles. The van der Waals surface area contributed by atoms with Crippen molar-refractivity contribution in [2.24, 2.45) is 0 Å². The van der Waals surface area contributed by atoms with E-state index in [2.05, 4.69) is 15.6 Å². The van der Waals surface area contributed by atoms with Crippen LogP contribution in [0.15, 0.2) is 23.6 Å². The molecule has 1 aromatic carbocycles. The van der Waals surface area contributed by atoms with E-state index in [4.69, 9.17) is 16.7 Å². The summed E-state index contributed by atoms with van der Waals surface area (Å²) in [5, 5.41) is 15.4. The number of aromatic nitrogens is 1. The van der Waals surface area contributed by atoms with Crippen molar-refractivity contribution in [3.63, 3.8) is 0 Å². The average Bonchev–Trinajstić information content (AvgIpc) is 2.90. The summed E-state index contributed by atoms with van der Waals surface area (Å²) in [5.41, 5.74) is 0.270. The van der Waals surface area contributed by atoms with E-state index in [1.807, 2.05) is 0 Å². The van der Waals surface area contributed by atoms with Gasteiger partial charge in [-0.3, -0.25) is 0 Å². The Labute approximate surface area is 127 Å². The van der Waals surface area contributed by atoms with Crippen LogP contribution in [0.2, 0.25) is 5.02 Å².